The van der Waals surface area contributed by atoms with Gasteiger partial charge in [-0.1, -0.05) is 12.1 Å². The lowest BCUT2D eigenvalue weighted by atomic mass is 10.0. The Morgan fingerprint density at radius 1 is 1.35 bits per heavy atom. The Hall–Kier alpha value is -1.59. The van der Waals surface area contributed by atoms with Crippen molar-refractivity contribution in [3.8, 4) is 0 Å². The van der Waals surface area contributed by atoms with E-state index in [1.54, 1.807) is 0 Å². The van der Waals surface area contributed by atoms with Crippen LogP contribution >= 0.6 is 0 Å². The van der Waals surface area contributed by atoms with Gasteiger partial charge in [0.1, 0.15) is 0 Å². The molecule has 1 aliphatic heterocycles. The molecule has 0 bridgehead atoms. The Bertz CT molecular complexity index is 431. The maximum atomic E-state index is 12.3. The van der Waals surface area contributed by atoms with E-state index >= 15 is 0 Å². The Morgan fingerprint density at radius 2 is 2.10 bits per heavy atom. The third-order valence-corrected chi connectivity index (χ3v) is 3.79. The van der Waals surface area contributed by atoms with Gasteiger partial charge in [0.05, 0.1) is 0 Å². The number of rotatable bonds is 4. The summed E-state index contributed by atoms with van der Waals surface area (Å²) in [5.74, 6) is 0. The molecular formula is C15H23N3O2. The molecule has 0 saturated carbocycles. The van der Waals surface area contributed by atoms with Crippen molar-refractivity contribution in [3.63, 3.8) is 0 Å². The van der Waals surface area contributed by atoms with Crippen LogP contribution in [0.15, 0.2) is 24.3 Å². The number of nitrogens with one attached hydrogen (secondary N) is 1. The summed E-state index contributed by atoms with van der Waals surface area (Å²) in [6.07, 6.45) is 3.78. The zero-order chi connectivity index (χ0) is 14.4. The second-order valence-electron chi connectivity index (χ2n) is 5.19. The molecule has 1 unspecified atom stereocenters. The molecule has 0 aliphatic carbocycles. The van der Waals surface area contributed by atoms with Crippen LogP contribution in [-0.4, -0.2) is 35.2 Å². The molecule has 5 heteroatoms. The van der Waals surface area contributed by atoms with Gasteiger partial charge in [0.2, 0.25) is 0 Å². The molecule has 1 aliphatic rings. The van der Waals surface area contributed by atoms with E-state index in [0.717, 1.165) is 37.1 Å². The number of piperidine rings is 1. The van der Waals surface area contributed by atoms with Gasteiger partial charge < -0.3 is 21.1 Å². The normalized spacial score (nSPS) is 18.9. The maximum Gasteiger partial charge on any atom is 0.322 e. The third-order valence-electron chi connectivity index (χ3n) is 3.79. The van der Waals surface area contributed by atoms with Gasteiger partial charge in [-0.05, 0) is 43.4 Å². The second kappa shape index (κ2) is 7.26. The number of aliphatic hydroxyl groups excluding tert-OH is 1. The number of carbonyl (C=O) groups is 1. The number of hydrogen-bond donors (Lipinski definition) is 3. The molecule has 1 aromatic carbocycles. The van der Waals surface area contributed by atoms with Gasteiger partial charge in [0.15, 0.2) is 0 Å². The standard InChI is InChI=1S/C15H23N3O2/c16-11-12-4-6-13(7-5-12)17-15(20)18-9-2-1-3-14(18)8-10-19/h4-7,14,19H,1-3,8-11,16H2,(H,17,20). The molecule has 1 atom stereocenters. The number of nitrogens with two attached hydrogens (primary N) is 1. The first kappa shape index (κ1) is 14.8. The van der Waals surface area contributed by atoms with Gasteiger partial charge in [-0.15, -0.1) is 0 Å². The van der Waals surface area contributed by atoms with E-state index in [9.17, 15) is 4.79 Å². The molecule has 1 heterocycles. The first-order chi connectivity index (χ1) is 9.74. The van der Waals surface area contributed by atoms with Gasteiger partial charge in [-0.3, -0.25) is 0 Å². The molecule has 0 radical (unpaired) electrons. The zero-order valence-electron chi connectivity index (χ0n) is 11.7. The van der Waals surface area contributed by atoms with Crippen molar-refractivity contribution in [1.82, 2.24) is 4.90 Å². The van der Waals surface area contributed by atoms with E-state index in [1.807, 2.05) is 29.2 Å². The van der Waals surface area contributed by atoms with Crippen LogP contribution in [0.4, 0.5) is 10.5 Å². The van der Waals surface area contributed by atoms with Crippen molar-refractivity contribution in [1.29, 1.82) is 0 Å². The minimum atomic E-state index is -0.0800. The number of carbonyl (C=O) groups excluding carboxylic acids is 1. The fraction of sp³-hybridized carbons (Fsp3) is 0.533. The smallest absolute Gasteiger partial charge is 0.322 e. The highest BCUT2D eigenvalue weighted by Crippen LogP contribution is 2.21. The molecule has 20 heavy (non-hydrogen) atoms. The Morgan fingerprint density at radius 3 is 2.75 bits per heavy atom. The van der Waals surface area contributed by atoms with Gasteiger partial charge in [0, 0.05) is 31.4 Å². The molecule has 110 valence electrons. The average molecular weight is 277 g/mol. The zero-order valence-corrected chi connectivity index (χ0v) is 11.7. The van der Waals surface area contributed by atoms with E-state index in [4.69, 9.17) is 10.8 Å². The lowest BCUT2D eigenvalue weighted by Gasteiger charge is -2.35. The fourth-order valence-electron chi connectivity index (χ4n) is 2.64. The maximum absolute atomic E-state index is 12.3. The predicted molar refractivity (Wildman–Crippen MR) is 79.4 cm³/mol. The SMILES string of the molecule is NCc1ccc(NC(=O)N2CCCCC2CCO)cc1. The number of benzene rings is 1. The van der Waals surface area contributed by atoms with E-state index in [0.29, 0.717) is 13.0 Å². The summed E-state index contributed by atoms with van der Waals surface area (Å²) in [6, 6.07) is 7.63. The van der Waals surface area contributed by atoms with Gasteiger partial charge in [0.25, 0.3) is 0 Å². The number of nitrogens with zero attached hydrogens (tertiary/aromatic N) is 1. The van der Waals surface area contributed by atoms with Crippen molar-refractivity contribution >= 4 is 11.7 Å². The van der Waals surface area contributed by atoms with Crippen LogP contribution in [0.5, 0.6) is 0 Å². The second-order valence-corrected chi connectivity index (χ2v) is 5.19. The van der Waals surface area contributed by atoms with Crippen LogP contribution in [0.25, 0.3) is 0 Å². The van der Waals surface area contributed by atoms with E-state index < -0.39 is 0 Å². The summed E-state index contributed by atoms with van der Waals surface area (Å²) in [7, 11) is 0. The first-order valence-corrected chi connectivity index (χ1v) is 7.22. The number of hydrogen-bond acceptors (Lipinski definition) is 3. The molecule has 1 saturated heterocycles. The number of urea groups is 1. The van der Waals surface area contributed by atoms with E-state index in [1.165, 1.54) is 0 Å². The van der Waals surface area contributed by atoms with Crippen LogP contribution in [0.2, 0.25) is 0 Å². The molecular weight excluding hydrogens is 254 g/mol. The topological polar surface area (TPSA) is 78.6 Å². The molecule has 2 rings (SSSR count). The number of amides is 2. The number of aliphatic hydroxyl groups is 1. The van der Waals surface area contributed by atoms with Crippen molar-refractivity contribution in [2.24, 2.45) is 5.73 Å². The minimum absolute atomic E-state index is 0.0800. The van der Waals surface area contributed by atoms with Crippen LogP contribution < -0.4 is 11.1 Å². The number of likely N-dealkylation sites (tertiary alicyclic amines) is 1. The van der Waals surface area contributed by atoms with Gasteiger partial charge >= 0.3 is 6.03 Å². The van der Waals surface area contributed by atoms with Crippen LogP contribution in [0.1, 0.15) is 31.2 Å². The van der Waals surface area contributed by atoms with Crippen molar-refractivity contribution < 1.29 is 9.90 Å². The number of anilines is 1. The lowest BCUT2D eigenvalue weighted by Crippen LogP contribution is -2.46. The Balaban J connectivity index is 1.98. The monoisotopic (exact) mass is 277 g/mol. The summed E-state index contributed by atoms with van der Waals surface area (Å²) in [5, 5.41) is 12.0. The van der Waals surface area contributed by atoms with Crippen LogP contribution in [-0.2, 0) is 6.54 Å². The van der Waals surface area contributed by atoms with Crippen LogP contribution in [0.3, 0.4) is 0 Å². The highest BCUT2D eigenvalue weighted by atomic mass is 16.3. The minimum Gasteiger partial charge on any atom is -0.396 e. The highest BCUT2D eigenvalue weighted by molar-refractivity contribution is 5.89. The van der Waals surface area contributed by atoms with Crippen molar-refractivity contribution in [2.75, 3.05) is 18.5 Å². The van der Waals surface area contributed by atoms with E-state index in [-0.39, 0.29) is 18.7 Å². The van der Waals surface area contributed by atoms with Crippen molar-refractivity contribution in [3.05, 3.63) is 29.8 Å². The van der Waals surface area contributed by atoms with Gasteiger partial charge in [-0.25, -0.2) is 4.79 Å². The molecule has 1 fully saturated rings. The Labute approximate surface area is 119 Å². The third kappa shape index (κ3) is 3.71. The molecule has 4 N–H and O–H groups in total. The molecule has 0 aromatic heterocycles. The molecule has 5 nitrogen and oxygen atoms in total. The largest absolute Gasteiger partial charge is 0.396 e. The molecule has 2 amide bonds. The summed E-state index contributed by atoms with van der Waals surface area (Å²) in [5.41, 5.74) is 7.37. The lowest BCUT2D eigenvalue weighted by molar-refractivity contribution is 0.141. The van der Waals surface area contributed by atoms with Gasteiger partial charge in [-0.2, -0.15) is 0 Å². The van der Waals surface area contributed by atoms with E-state index in [2.05, 4.69) is 5.32 Å². The molecule has 1 aromatic rings. The summed E-state index contributed by atoms with van der Waals surface area (Å²) >= 11 is 0. The predicted octanol–water partition coefficient (Wildman–Crippen LogP) is 1.91. The Kier molecular flexibility index (Phi) is 5.38. The quantitative estimate of drug-likeness (QED) is 0.786. The van der Waals surface area contributed by atoms with Crippen molar-refractivity contribution in [2.45, 2.75) is 38.3 Å². The first-order valence-electron chi connectivity index (χ1n) is 7.22. The summed E-state index contributed by atoms with van der Waals surface area (Å²) in [6.45, 7) is 1.38. The van der Waals surface area contributed by atoms with Crippen LogP contribution in [0, 0.1) is 0 Å². The summed E-state index contributed by atoms with van der Waals surface area (Å²) in [4.78, 5) is 14.2. The fourth-order valence-corrected chi connectivity index (χ4v) is 2.64. The summed E-state index contributed by atoms with van der Waals surface area (Å²) < 4.78 is 0. The highest BCUT2D eigenvalue weighted by Gasteiger charge is 2.26. The average Bonchev–Trinajstić information content (AvgIpc) is 2.49. The molecule has 0 spiro atoms.